The molecule has 2 rings (SSSR count). The second-order valence-electron chi connectivity index (χ2n) is 3.98. The summed E-state index contributed by atoms with van der Waals surface area (Å²) in [4.78, 5) is 6.73. The van der Waals surface area contributed by atoms with Gasteiger partial charge in [-0.25, -0.2) is 4.98 Å². The lowest BCUT2D eigenvalue weighted by Gasteiger charge is -2.14. The maximum atomic E-state index is 4.56. The fraction of sp³-hybridized carbons (Fsp3) is 0.800. The maximum Gasteiger partial charge on any atom is 0.204 e. The van der Waals surface area contributed by atoms with E-state index in [1.165, 1.54) is 24.4 Å². The van der Waals surface area contributed by atoms with Gasteiger partial charge < -0.3 is 10.2 Å². The molecular formula is C10H18N4S. The fourth-order valence-corrected chi connectivity index (χ4v) is 2.14. The number of nitrogens with one attached hydrogen (secondary N) is 1. The van der Waals surface area contributed by atoms with E-state index >= 15 is 0 Å². The van der Waals surface area contributed by atoms with Crippen molar-refractivity contribution in [2.75, 3.05) is 31.6 Å². The molecule has 0 aliphatic heterocycles. The van der Waals surface area contributed by atoms with E-state index in [9.17, 15) is 0 Å². The zero-order valence-electron chi connectivity index (χ0n) is 9.36. The highest BCUT2D eigenvalue weighted by Crippen LogP contribution is 2.39. The van der Waals surface area contributed by atoms with Crippen molar-refractivity contribution in [2.24, 2.45) is 0 Å². The van der Waals surface area contributed by atoms with Gasteiger partial charge in [-0.05, 0) is 19.4 Å². The molecule has 0 unspecified atom stereocenters. The molecule has 0 spiro atoms. The summed E-state index contributed by atoms with van der Waals surface area (Å²) in [6.07, 6.45) is 2.55. The molecule has 4 nitrogen and oxygen atoms in total. The van der Waals surface area contributed by atoms with Gasteiger partial charge in [0.2, 0.25) is 5.13 Å². The topological polar surface area (TPSA) is 41.0 Å². The third-order valence-electron chi connectivity index (χ3n) is 2.57. The SMILES string of the molecule is CCNCCN(C)c1nc(C2CC2)ns1. The highest BCUT2D eigenvalue weighted by Gasteiger charge is 2.28. The Labute approximate surface area is 94.9 Å². The van der Waals surface area contributed by atoms with E-state index in [1.807, 2.05) is 0 Å². The van der Waals surface area contributed by atoms with Crippen LogP contribution in [0.3, 0.4) is 0 Å². The average Bonchev–Trinajstić information content (AvgIpc) is 2.97. The Morgan fingerprint density at radius 1 is 1.53 bits per heavy atom. The smallest absolute Gasteiger partial charge is 0.204 e. The van der Waals surface area contributed by atoms with Gasteiger partial charge in [-0.3, -0.25) is 0 Å². The maximum absolute atomic E-state index is 4.56. The van der Waals surface area contributed by atoms with E-state index in [-0.39, 0.29) is 0 Å². The molecule has 15 heavy (non-hydrogen) atoms. The lowest BCUT2D eigenvalue weighted by Crippen LogP contribution is -2.28. The molecule has 0 saturated heterocycles. The van der Waals surface area contributed by atoms with Crippen LogP contribution in [-0.4, -0.2) is 36.0 Å². The highest BCUT2D eigenvalue weighted by molar-refractivity contribution is 7.09. The molecule has 1 aliphatic carbocycles. The van der Waals surface area contributed by atoms with E-state index in [4.69, 9.17) is 0 Å². The van der Waals surface area contributed by atoms with Gasteiger partial charge >= 0.3 is 0 Å². The zero-order chi connectivity index (χ0) is 10.7. The number of nitrogens with zero attached hydrogens (tertiary/aromatic N) is 3. The monoisotopic (exact) mass is 226 g/mol. The van der Waals surface area contributed by atoms with Crippen molar-refractivity contribution in [3.8, 4) is 0 Å². The lowest BCUT2D eigenvalue weighted by molar-refractivity contribution is 0.704. The van der Waals surface area contributed by atoms with Gasteiger partial charge in [-0.1, -0.05) is 6.92 Å². The quantitative estimate of drug-likeness (QED) is 0.746. The molecule has 1 aromatic rings. The second kappa shape index (κ2) is 4.90. The van der Waals surface area contributed by atoms with E-state index in [2.05, 4.69) is 33.5 Å². The normalized spacial score (nSPS) is 15.6. The van der Waals surface area contributed by atoms with Crippen LogP contribution in [0.25, 0.3) is 0 Å². The lowest BCUT2D eigenvalue weighted by atomic mass is 10.4. The van der Waals surface area contributed by atoms with Gasteiger partial charge in [-0.2, -0.15) is 4.37 Å². The predicted molar refractivity (Wildman–Crippen MR) is 63.7 cm³/mol. The van der Waals surface area contributed by atoms with E-state index in [0.717, 1.165) is 30.6 Å². The second-order valence-corrected chi connectivity index (χ2v) is 4.71. The summed E-state index contributed by atoms with van der Waals surface area (Å²) in [6.45, 7) is 5.14. The molecule has 1 aromatic heterocycles. The zero-order valence-corrected chi connectivity index (χ0v) is 10.2. The van der Waals surface area contributed by atoms with Crippen LogP contribution in [0.15, 0.2) is 0 Å². The van der Waals surface area contributed by atoms with Crippen LogP contribution in [0, 0.1) is 0 Å². The summed E-state index contributed by atoms with van der Waals surface area (Å²) in [5.74, 6) is 1.72. The molecule has 0 atom stereocenters. The molecule has 84 valence electrons. The van der Waals surface area contributed by atoms with Crippen molar-refractivity contribution in [2.45, 2.75) is 25.7 Å². The van der Waals surface area contributed by atoms with Crippen LogP contribution >= 0.6 is 11.5 Å². The van der Waals surface area contributed by atoms with Gasteiger partial charge in [0.1, 0.15) is 5.82 Å². The van der Waals surface area contributed by atoms with E-state index in [0.29, 0.717) is 5.92 Å². The van der Waals surface area contributed by atoms with Crippen LogP contribution < -0.4 is 10.2 Å². The van der Waals surface area contributed by atoms with Gasteiger partial charge in [0, 0.05) is 37.6 Å². The molecular weight excluding hydrogens is 208 g/mol. The predicted octanol–water partition coefficient (Wildman–Crippen LogP) is 1.46. The summed E-state index contributed by atoms with van der Waals surface area (Å²) in [5.41, 5.74) is 0. The van der Waals surface area contributed by atoms with Gasteiger partial charge in [0.25, 0.3) is 0 Å². The Hall–Kier alpha value is -0.680. The number of aromatic nitrogens is 2. The average molecular weight is 226 g/mol. The first-order chi connectivity index (χ1) is 7.31. The summed E-state index contributed by atoms with van der Waals surface area (Å²) in [5, 5.41) is 4.36. The molecule has 1 fully saturated rings. The third kappa shape index (κ3) is 2.89. The molecule has 1 saturated carbocycles. The van der Waals surface area contributed by atoms with Crippen LogP contribution in [0.1, 0.15) is 31.5 Å². The standard InChI is InChI=1S/C10H18N4S/c1-3-11-6-7-14(2)10-12-9(13-15-10)8-4-5-8/h8,11H,3-7H2,1-2H3. The van der Waals surface area contributed by atoms with Crippen molar-refractivity contribution in [1.29, 1.82) is 0 Å². The Morgan fingerprint density at radius 2 is 2.33 bits per heavy atom. The van der Waals surface area contributed by atoms with Crippen LogP contribution in [0.5, 0.6) is 0 Å². The molecule has 1 N–H and O–H groups in total. The molecule has 5 heteroatoms. The van der Waals surface area contributed by atoms with Crippen molar-refractivity contribution in [3.05, 3.63) is 5.82 Å². The summed E-state index contributed by atoms with van der Waals surface area (Å²) >= 11 is 1.52. The van der Waals surface area contributed by atoms with E-state index in [1.54, 1.807) is 0 Å². The van der Waals surface area contributed by atoms with Crippen LogP contribution in [0.2, 0.25) is 0 Å². The summed E-state index contributed by atoms with van der Waals surface area (Å²) in [7, 11) is 2.08. The summed E-state index contributed by atoms with van der Waals surface area (Å²) in [6, 6.07) is 0. The highest BCUT2D eigenvalue weighted by atomic mass is 32.1. The number of rotatable bonds is 6. The largest absolute Gasteiger partial charge is 0.349 e. The third-order valence-corrected chi connectivity index (χ3v) is 3.42. The number of anilines is 1. The molecule has 0 amide bonds. The van der Waals surface area contributed by atoms with E-state index < -0.39 is 0 Å². The van der Waals surface area contributed by atoms with Gasteiger partial charge in [0.15, 0.2) is 0 Å². The van der Waals surface area contributed by atoms with Gasteiger partial charge in [-0.15, -0.1) is 0 Å². The number of hydrogen-bond acceptors (Lipinski definition) is 5. The van der Waals surface area contributed by atoms with Crippen LogP contribution in [0.4, 0.5) is 5.13 Å². The Balaban J connectivity index is 1.84. The molecule has 1 heterocycles. The first-order valence-corrected chi connectivity index (χ1v) is 6.34. The minimum absolute atomic E-state index is 0.664. The Kier molecular flexibility index (Phi) is 3.53. The van der Waals surface area contributed by atoms with Crippen molar-refractivity contribution < 1.29 is 0 Å². The van der Waals surface area contributed by atoms with Crippen molar-refractivity contribution in [3.63, 3.8) is 0 Å². The minimum atomic E-state index is 0.664. The Morgan fingerprint density at radius 3 is 3.00 bits per heavy atom. The van der Waals surface area contributed by atoms with Crippen molar-refractivity contribution >= 4 is 16.7 Å². The molecule has 0 bridgehead atoms. The molecule has 0 radical (unpaired) electrons. The number of likely N-dealkylation sites (N-methyl/N-ethyl adjacent to an activating group) is 2. The van der Waals surface area contributed by atoms with Crippen molar-refractivity contribution in [1.82, 2.24) is 14.7 Å². The molecule has 1 aliphatic rings. The molecule has 0 aromatic carbocycles. The summed E-state index contributed by atoms with van der Waals surface area (Å²) < 4.78 is 4.40. The first-order valence-electron chi connectivity index (χ1n) is 5.56. The number of hydrogen-bond donors (Lipinski definition) is 1. The fourth-order valence-electron chi connectivity index (χ4n) is 1.41. The first kappa shape index (κ1) is 10.8. The van der Waals surface area contributed by atoms with Gasteiger partial charge in [0.05, 0.1) is 0 Å². The minimum Gasteiger partial charge on any atom is -0.349 e. The Bertz CT molecular complexity index is 308. The van der Waals surface area contributed by atoms with Crippen LogP contribution in [-0.2, 0) is 0 Å².